The minimum absolute atomic E-state index is 0.106. The molecule has 1 aromatic carbocycles. The zero-order chi connectivity index (χ0) is 20.0. The van der Waals surface area contributed by atoms with Crippen molar-refractivity contribution >= 4 is 29.3 Å². The van der Waals surface area contributed by atoms with Crippen molar-refractivity contribution in [3.63, 3.8) is 0 Å². The topological polar surface area (TPSA) is 116 Å². The summed E-state index contributed by atoms with van der Waals surface area (Å²) in [6.07, 6.45) is 0.255. The number of amides is 4. The van der Waals surface area contributed by atoms with Crippen LogP contribution in [0.5, 0.6) is 0 Å². The smallest absolute Gasteiger partial charge is 0.262 e. The molecule has 0 radical (unpaired) electrons. The van der Waals surface area contributed by atoms with Gasteiger partial charge in [-0.2, -0.15) is 0 Å². The van der Waals surface area contributed by atoms with Gasteiger partial charge in [0.15, 0.2) is 0 Å². The Morgan fingerprint density at radius 2 is 1.86 bits per heavy atom. The van der Waals surface area contributed by atoms with Crippen LogP contribution < -0.4 is 16.0 Å². The zero-order valence-corrected chi connectivity index (χ0v) is 15.7. The summed E-state index contributed by atoms with van der Waals surface area (Å²) in [6.45, 7) is 2.96. The molecule has 9 nitrogen and oxygen atoms in total. The average molecular weight is 385 g/mol. The van der Waals surface area contributed by atoms with Gasteiger partial charge in [-0.25, -0.2) is 0 Å². The SMILES string of the molecule is CN1CCN(c2ccc3c(c2)C(=O)N(C2CCC(=O)NC2=O)C3=O)C(CN)C1. The Bertz CT molecular complexity index is 870. The van der Waals surface area contributed by atoms with Crippen LogP contribution >= 0.6 is 0 Å². The van der Waals surface area contributed by atoms with Crippen molar-refractivity contribution in [2.45, 2.75) is 24.9 Å². The van der Waals surface area contributed by atoms with E-state index < -0.39 is 23.8 Å². The summed E-state index contributed by atoms with van der Waals surface area (Å²) in [5, 5.41) is 2.20. The molecular weight excluding hydrogens is 362 g/mol. The van der Waals surface area contributed by atoms with Crippen LogP contribution in [0.2, 0.25) is 0 Å². The number of imide groups is 2. The number of piperidine rings is 1. The molecule has 3 heterocycles. The second-order valence-corrected chi connectivity index (χ2v) is 7.52. The predicted molar refractivity (Wildman–Crippen MR) is 101 cm³/mol. The Labute approximate surface area is 162 Å². The van der Waals surface area contributed by atoms with Crippen LogP contribution in [0.4, 0.5) is 5.69 Å². The third-order valence-electron chi connectivity index (χ3n) is 5.71. The Balaban J connectivity index is 1.62. The quantitative estimate of drug-likeness (QED) is 0.652. The van der Waals surface area contributed by atoms with Gasteiger partial charge in [0.1, 0.15) is 6.04 Å². The molecule has 3 N–H and O–H groups in total. The molecule has 2 atom stereocenters. The van der Waals surface area contributed by atoms with Gasteiger partial charge in [0.25, 0.3) is 11.8 Å². The van der Waals surface area contributed by atoms with Crippen LogP contribution in [0.25, 0.3) is 0 Å². The number of carbonyl (C=O) groups is 4. The summed E-state index contributed by atoms with van der Waals surface area (Å²) in [5.41, 5.74) is 7.36. The molecule has 1 aromatic rings. The molecule has 9 heteroatoms. The highest BCUT2D eigenvalue weighted by Crippen LogP contribution is 2.31. The number of nitrogens with zero attached hydrogens (tertiary/aromatic N) is 3. The van der Waals surface area contributed by atoms with Gasteiger partial charge in [-0.05, 0) is 31.7 Å². The van der Waals surface area contributed by atoms with E-state index in [-0.39, 0.29) is 30.4 Å². The Hall–Kier alpha value is -2.78. The molecule has 3 aliphatic heterocycles. The molecule has 0 bridgehead atoms. The average Bonchev–Trinajstić information content (AvgIpc) is 2.92. The number of fused-ring (bicyclic) bond motifs is 1. The van der Waals surface area contributed by atoms with E-state index in [0.29, 0.717) is 12.1 Å². The van der Waals surface area contributed by atoms with Crippen LogP contribution in [0.1, 0.15) is 33.6 Å². The first-order valence-corrected chi connectivity index (χ1v) is 9.41. The van der Waals surface area contributed by atoms with Crippen molar-refractivity contribution in [2.24, 2.45) is 5.73 Å². The predicted octanol–water partition coefficient (Wildman–Crippen LogP) is -0.833. The molecule has 148 valence electrons. The molecule has 4 rings (SSSR count). The minimum Gasteiger partial charge on any atom is -0.365 e. The van der Waals surface area contributed by atoms with E-state index in [1.807, 2.05) is 13.1 Å². The van der Waals surface area contributed by atoms with E-state index >= 15 is 0 Å². The third-order valence-corrected chi connectivity index (χ3v) is 5.71. The molecule has 0 spiro atoms. The molecular formula is C19H23N5O4. The van der Waals surface area contributed by atoms with E-state index in [2.05, 4.69) is 15.1 Å². The zero-order valence-electron chi connectivity index (χ0n) is 15.7. The lowest BCUT2D eigenvalue weighted by molar-refractivity contribution is -0.136. The van der Waals surface area contributed by atoms with Gasteiger partial charge >= 0.3 is 0 Å². The maximum absolute atomic E-state index is 13.0. The number of hydrogen-bond donors (Lipinski definition) is 2. The van der Waals surface area contributed by atoms with Gasteiger partial charge < -0.3 is 15.5 Å². The third kappa shape index (κ3) is 2.96. The van der Waals surface area contributed by atoms with Gasteiger partial charge in [-0.15, -0.1) is 0 Å². The summed E-state index contributed by atoms with van der Waals surface area (Å²) in [7, 11) is 2.04. The summed E-state index contributed by atoms with van der Waals surface area (Å²) in [4.78, 5) is 54.6. The number of rotatable bonds is 3. The number of nitrogens with two attached hydrogens (primary N) is 1. The Morgan fingerprint density at radius 1 is 1.11 bits per heavy atom. The molecule has 0 saturated carbocycles. The highest BCUT2D eigenvalue weighted by Gasteiger charge is 2.44. The summed E-state index contributed by atoms with van der Waals surface area (Å²) >= 11 is 0. The van der Waals surface area contributed by atoms with Gasteiger partial charge in [0, 0.05) is 38.3 Å². The van der Waals surface area contributed by atoms with Gasteiger partial charge in [0.2, 0.25) is 11.8 Å². The fourth-order valence-corrected chi connectivity index (χ4v) is 4.19. The Morgan fingerprint density at radius 3 is 2.57 bits per heavy atom. The molecule has 2 saturated heterocycles. The van der Waals surface area contributed by atoms with E-state index in [9.17, 15) is 19.2 Å². The van der Waals surface area contributed by atoms with Gasteiger partial charge in [-0.3, -0.25) is 29.4 Å². The normalized spacial score (nSPS) is 25.9. The number of benzene rings is 1. The van der Waals surface area contributed by atoms with Gasteiger partial charge in [-0.1, -0.05) is 0 Å². The van der Waals surface area contributed by atoms with Crippen molar-refractivity contribution in [3.8, 4) is 0 Å². The first-order chi connectivity index (χ1) is 13.4. The van der Waals surface area contributed by atoms with Crippen molar-refractivity contribution in [2.75, 3.05) is 38.1 Å². The number of piperazine rings is 1. The highest BCUT2D eigenvalue weighted by atomic mass is 16.2. The lowest BCUT2D eigenvalue weighted by atomic mass is 10.0. The maximum atomic E-state index is 13.0. The second kappa shape index (κ2) is 6.99. The fraction of sp³-hybridized carbons (Fsp3) is 0.474. The van der Waals surface area contributed by atoms with Crippen molar-refractivity contribution in [3.05, 3.63) is 29.3 Å². The van der Waals surface area contributed by atoms with Crippen molar-refractivity contribution in [1.29, 1.82) is 0 Å². The van der Waals surface area contributed by atoms with Crippen LogP contribution in [0, 0.1) is 0 Å². The summed E-state index contributed by atoms with van der Waals surface area (Å²) in [5.74, 6) is -1.97. The number of likely N-dealkylation sites (N-methyl/N-ethyl adjacent to an activating group) is 1. The molecule has 2 fully saturated rings. The number of anilines is 1. The Kier molecular flexibility index (Phi) is 4.64. The first kappa shape index (κ1) is 18.6. The largest absolute Gasteiger partial charge is 0.365 e. The van der Waals surface area contributed by atoms with Crippen LogP contribution in [-0.4, -0.2) is 78.7 Å². The lowest BCUT2D eigenvalue weighted by Crippen LogP contribution is -2.55. The van der Waals surface area contributed by atoms with Crippen molar-refractivity contribution in [1.82, 2.24) is 15.1 Å². The molecule has 0 aromatic heterocycles. The molecule has 4 amide bonds. The summed E-state index contributed by atoms with van der Waals surface area (Å²) in [6, 6.07) is 4.36. The molecule has 3 aliphatic rings. The van der Waals surface area contributed by atoms with E-state index in [0.717, 1.165) is 30.2 Å². The number of nitrogens with one attached hydrogen (secondary N) is 1. The first-order valence-electron chi connectivity index (χ1n) is 9.41. The number of carbonyl (C=O) groups excluding carboxylic acids is 4. The lowest BCUT2D eigenvalue weighted by Gasteiger charge is -2.41. The van der Waals surface area contributed by atoms with Crippen molar-refractivity contribution < 1.29 is 19.2 Å². The van der Waals surface area contributed by atoms with Crippen LogP contribution in [0.3, 0.4) is 0 Å². The van der Waals surface area contributed by atoms with E-state index in [1.54, 1.807) is 12.1 Å². The highest BCUT2D eigenvalue weighted by molar-refractivity contribution is 6.23. The monoisotopic (exact) mass is 385 g/mol. The molecule has 2 unspecified atom stereocenters. The minimum atomic E-state index is -0.950. The fourth-order valence-electron chi connectivity index (χ4n) is 4.19. The van der Waals surface area contributed by atoms with Crippen LogP contribution in [0.15, 0.2) is 18.2 Å². The van der Waals surface area contributed by atoms with E-state index in [4.69, 9.17) is 5.73 Å². The maximum Gasteiger partial charge on any atom is 0.262 e. The molecule has 28 heavy (non-hydrogen) atoms. The summed E-state index contributed by atoms with van der Waals surface area (Å²) < 4.78 is 0. The van der Waals surface area contributed by atoms with E-state index in [1.165, 1.54) is 0 Å². The molecule has 0 aliphatic carbocycles. The standard InChI is InChI=1S/C19H23N5O4/c1-22-6-7-23(12(9-20)10-22)11-2-3-13-14(8-11)19(28)24(18(13)27)15-4-5-16(25)21-17(15)26/h2-3,8,12,15H,4-7,9-10,20H2,1H3,(H,21,25,26). The number of hydrogen-bond acceptors (Lipinski definition) is 7. The second-order valence-electron chi connectivity index (χ2n) is 7.52. The van der Waals surface area contributed by atoms with Crippen LogP contribution in [-0.2, 0) is 9.59 Å². The van der Waals surface area contributed by atoms with Gasteiger partial charge in [0.05, 0.1) is 17.2 Å².